The fraction of sp³-hybridized carbons (Fsp3) is 0.633. The van der Waals surface area contributed by atoms with Crippen LogP contribution >= 0.6 is 0 Å². The van der Waals surface area contributed by atoms with Crippen LogP contribution < -0.4 is 9.64 Å². The van der Waals surface area contributed by atoms with Gasteiger partial charge in [-0.15, -0.1) is 0 Å². The lowest BCUT2D eigenvalue weighted by Gasteiger charge is -2.38. The lowest BCUT2D eigenvalue weighted by molar-refractivity contribution is 0.00729. The van der Waals surface area contributed by atoms with Crippen molar-refractivity contribution in [2.24, 2.45) is 0 Å². The van der Waals surface area contributed by atoms with Crippen LogP contribution in [0.1, 0.15) is 84.7 Å². The van der Waals surface area contributed by atoms with Crippen molar-refractivity contribution < 1.29 is 23.8 Å². The fourth-order valence-electron chi connectivity index (χ4n) is 5.85. The molecule has 3 heterocycles. The number of likely N-dealkylation sites (tertiary alicyclic amines) is 1. The number of anilines is 1. The number of nitrogens with zero attached hydrogens (tertiary/aromatic N) is 4. The molecule has 3 aliphatic rings. The molecule has 0 spiro atoms. The number of ether oxygens (including phenoxy) is 3. The smallest absolute Gasteiger partial charge is 0.414 e. The van der Waals surface area contributed by atoms with E-state index < -0.39 is 5.60 Å². The highest BCUT2D eigenvalue weighted by molar-refractivity contribution is 5.92. The van der Waals surface area contributed by atoms with Gasteiger partial charge >= 0.3 is 12.2 Å². The van der Waals surface area contributed by atoms with E-state index in [2.05, 4.69) is 26.1 Å². The van der Waals surface area contributed by atoms with Gasteiger partial charge in [0.2, 0.25) is 0 Å². The van der Waals surface area contributed by atoms with E-state index in [4.69, 9.17) is 19.3 Å². The molecule has 9 nitrogen and oxygen atoms in total. The minimum atomic E-state index is -0.509. The first-order valence-electron chi connectivity index (χ1n) is 14.3. The maximum atomic E-state index is 12.7. The summed E-state index contributed by atoms with van der Waals surface area (Å²) in [6.45, 7) is 10.4. The average Bonchev–Trinajstić information content (AvgIpc) is 3.34. The molecule has 0 radical (unpaired) electrons. The minimum absolute atomic E-state index is 0.0544. The number of methoxy groups -OCH3 is 1. The van der Waals surface area contributed by atoms with Gasteiger partial charge in [-0.1, -0.05) is 0 Å². The molecule has 1 aromatic carbocycles. The number of hydrogen-bond acceptors (Lipinski definition) is 6. The van der Waals surface area contributed by atoms with Gasteiger partial charge in [0, 0.05) is 41.5 Å². The van der Waals surface area contributed by atoms with Crippen molar-refractivity contribution in [2.45, 2.75) is 109 Å². The van der Waals surface area contributed by atoms with E-state index in [0.717, 1.165) is 66.7 Å². The molecule has 1 saturated heterocycles. The summed E-state index contributed by atoms with van der Waals surface area (Å²) >= 11 is 0. The Morgan fingerprint density at radius 3 is 2.44 bits per heavy atom. The van der Waals surface area contributed by atoms with E-state index in [0.29, 0.717) is 6.54 Å². The SMILES string of the molecule is COC(=O)N1c2ccc(-c3cnn(C4CCN(C(=O)OC(C)(C)C)C(C)C4)c3)c(OC3CCC3)c2CCC1C. The largest absolute Gasteiger partial charge is 0.489 e. The number of piperidine rings is 1. The van der Waals surface area contributed by atoms with Crippen LogP contribution in [-0.4, -0.2) is 64.3 Å². The molecule has 3 unspecified atom stereocenters. The van der Waals surface area contributed by atoms with Crippen molar-refractivity contribution in [2.75, 3.05) is 18.6 Å². The van der Waals surface area contributed by atoms with E-state index in [-0.39, 0.29) is 36.4 Å². The van der Waals surface area contributed by atoms with Gasteiger partial charge in [0.1, 0.15) is 11.4 Å². The van der Waals surface area contributed by atoms with Crippen LogP contribution in [0, 0.1) is 0 Å². The summed E-state index contributed by atoms with van der Waals surface area (Å²) in [6, 6.07) is 4.37. The maximum absolute atomic E-state index is 12.7. The lowest BCUT2D eigenvalue weighted by Crippen LogP contribution is -2.47. The molecule has 0 bridgehead atoms. The normalized spacial score (nSPS) is 23.6. The highest BCUT2D eigenvalue weighted by Crippen LogP contribution is 2.45. The molecule has 3 atom stereocenters. The van der Waals surface area contributed by atoms with Crippen molar-refractivity contribution in [1.82, 2.24) is 14.7 Å². The first kappa shape index (κ1) is 27.3. The maximum Gasteiger partial charge on any atom is 0.414 e. The summed E-state index contributed by atoms with van der Waals surface area (Å²) in [7, 11) is 1.43. The van der Waals surface area contributed by atoms with Crippen LogP contribution in [-0.2, 0) is 15.9 Å². The molecule has 9 heteroatoms. The zero-order valence-corrected chi connectivity index (χ0v) is 24.1. The second kappa shape index (κ2) is 10.7. The number of benzene rings is 1. The number of amides is 2. The molecule has 2 amide bonds. The highest BCUT2D eigenvalue weighted by Gasteiger charge is 2.35. The number of carbonyl (C=O) groups is 2. The van der Waals surface area contributed by atoms with Crippen LogP contribution in [0.2, 0.25) is 0 Å². The number of carbonyl (C=O) groups excluding carboxylic acids is 2. The second-order valence-electron chi connectivity index (χ2n) is 12.2. The van der Waals surface area contributed by atoms with Crippen molar-refractivity contribution in [3.8, 4) is 16.9 Å². The van der Waals surface area contributed by atoms with E-state index in [9.17, 15) is 9.59 Å². The van der Waals surface area contributed by atoms with Gasteiger partial charge in [-0.3, -0.25) is 9.58 Å². The van der Waals surface area contributed by atoms with Crippen LogP contribution in [0.25, 0.3) is 11.1 Å². The molecule has 2 fully saturated rings. The highest BCUT2D eigenvalue weighted by atomic mass is 16.6. The third kappa shape index (κ3) is 5.58. The summed E-state index contributed by atoms with van der Waals surface area (Å²) in [5.41, 5.74) is 3.43. The molecule has 2 aromatic rings. The molecular weight excluding hydrogens is 496 g/mol. The third-order valence-corrected chi connectivity index (χ3v) is 8.22. The number of fused-ring (bicyclic) bond motifs is 1. The third-order valence-electron chi connectivity index (χ3n) is 8.22. The number of aromatic nitrogens is 2. The van der Waals surface area contributed by atoms with Gasteiger partial charge in [0.05, 0.1) is 31.1 Å². The molecule has 2 aliphatic heterocycles. The van der Waals surface area contributed by atoms with Crippen LogP contribution in [0.15, 0.2) is 24.5 Å². The fourth-order valence-corrected chi connectivity index (χ4v) is 5.85. The summed E-state index contributed by atoms with van der Waals surface area (Å²) in [5, 5.41) is 4.76. The van der Waals surface area contributed by atoms with Crippen molar-refractivity contribution in [3.05, 3.63) is 30.1 Å². The molecule has 1 aromatic heterocycles. The first-order chi connectivity index (χ1) is 18.6. The standard InChI is InChI=1S/C30H42N4O5/c1-19-10-11-25-26(34(19)29(36)37-6)13-12-24(27(25)38-23-8-7-9-23)21-17-31-33(18-21)22-14-15-32(20(2)16-22)28(35)39-30(3,4)5/h12-13,17-20,22-23H,7-11,14-16H2,1-6H3. The first-order valence-corrected chi connectivity index (χ1v) is 14.3. The van der Waals surface area contributed by atoms with Crippen LogP contribution in [0.4, 0.5) is 15.3 Å². The van der Waals surface area contributed by atoms with E-state index in [1.165, 1.54) is 13.5 Å². The Morgan fingerprint density at radius 1 is 1.03 bits per heavy atom. The zero-order valence-electron chi connectivity index (χ0n) is 24.1. The van der Waals surface area contributed by atoms with E-state index in [1.54, 1.807) is 4.90 Å². The second-order valence-corrected chi connectivity index (χ2v) is 12.2. The quantitative estimate of drug-likeness (QED) is 0.451. The van der Waals surface area contributed by atoms with Crippen molar-refractivity contribution in [1.29, 1.82) is 0 Å². The summed E-state index contributed by atoms with van der Waals surface area (Å²) in [5.74, 6) is 0.866. The lowest BCUT2D eigenvalue weighted by atomic mass is 9.91. The predicted molar refractivity (Wildman–Crippen MR) is 149 cm³/mol. The van der Waals surface area contributed by atoms with E-state index in [1.807, 2.05) is 42.6 Å². The van der Waals surface area contributed by atoms with Crippen molar-refractivity contribution in [3.63, 3.8) is 0 Å². The Balaban J connectivity index is 1.40. The number of hydrogen-bond donors (Lipinski definition) is 0. The molecule has 1 aliphatic carbocycles. The van der Waals surface area contributed by atoms with Crippen molar-refractivity contribution >= 4 is 17.9 Å². The number of rotatable bonds is 4. The average molecular weight is 539 g/mol. The molecule has 0 N–H and O–H groups in total. The summed E-state index contributed by atoms with van der Waals surface area (Å²) < 4.78 is 19.4. The van der Waals surface area contributed by atoms with Gasteiger partial charge in [0.15, 0.2) is 0 Å². The predicted octanol–water partition coefficient (Wildman–Crippen LogP) is 6.35. The van der Waals surface area contributed by atoms with Gasteiger partial charge < -0.3 is 19.1 Å². The molecule has 1 saturated carbocycles. The van der Waals surface area contributed by atoms with Gasteiger partial charge in [-0.2, -0.15) is 5.10 Å². The Bertz CT molecular complexity index is 1210. The van der Waals surface area contributed by atoms with Crippen LogP contribution in [0.3, 0.4) is 0 Å². The zero-order chi connectivity index (χ0) is 27.9. The molecule has 39 heavy (non-hydrogen) atoms. The summed E-state index contributed by atoms with van der Waals surface area (Å²) in [6.07, 6.45) is 10.2. The molecular formula is C30H42N4O5. The van der Waals surface area contributed by atoms with Crippen LogP contribution in [0.5, 0.6) is 5.75 Å². The Morgan fingerprint density at radius 2 is 1.79 bits per heavy atom. The monoisotopic (exact) mass is 538 g/mol. The van der Waals surface area contributed by atoms with E-state index >= 15 is 0 Å². The van der Waals surface area contributed by atoms with Gasteiger partial charge in [-0.05, 0) is 91.7 Å². The summed E-state index contributed by atoms with van der Waals surface area (Å²) in [4.78, 5) is 28.9. The Kier molecular flexibility index (Phi) is 7.53. The Labute approximate surface area is 231 Å². The van der Waals surface area contributed by atoms with Gasteiger partial charge in [0.25, 0.3) is 0 Å². The minimum Gasteiger partial charge on any atom is -0.489 e. The van der Waals surface area contributed by atoms with Gasteiger partial charge in [-0.25, -0.2) is 9.59 Å². The molecule has 5 rings (SSSR count). The topological polar surface area (TPSA) is 86.1 Å². The molecule has 212 valence electrons. The Hall–Kier alpha value is -3.23.